The molecule has 0 spiro atoms. The number of phenols is 1. The van der Waals surface area contributed by atoms with E-state index < -0.39 is 10.0 Å². The molecule has 3 rings (SSSR count). The van der Waals surface area contributed by atoms with E-state index in [2.05, 4.69) is 4.72 Å². The lowest BCUT2D eigenvalue weighted by molar-refractivity contribution is 0.324. The average molecular weight is 502 g/mol. The van der Waals surface area contributed by atoms with Crippen LogP contribution < -0.4 is 28.4 Å². The molecule has 35 heavy (non-hydrogen) atoms. The van der Waals surface area contributed by atoms with Crippen LogP contribution in [-0.2, 0) is 10.0 Å². The van der Waals surface area contributed by atoms with Gasteiger partial charge in [-0.15, -0.1) is 0 Å². The van der Waals surface area contributed by atoms with Crippen LogP contribution in [0.4, 0.5) is 5.69 Å². The Morgan fingerprint density at radius 2 is 1.26 bits per heavy atom. The molecule has 0 aliphatic rings. The number of anilines is 1. The number of aromatic hydroxyl groups is 1. The minimum atomic E-state index is -3.96. The molecule has 186 valence electrons. The Morgan fingerprint density at radius 3 is 1.74 bits per heavy atom. The third kappa shape index (κ3) is 5.72. The zero-order valence-corrected chi connectivity index (χ0v) is 20.8. The van der Waals surface area contributed by atoms with Crippen LogP contribution >= 0.6 is 0 Å². The van der Waals surface area contributed by atoms with E-state index in [0.29, 0.717) is 28.6 Å². The lowest BCUT2D eigenvalue weighted by Gasteiger charge is -2.14. The Bertz CT molecular complexity index is 1290. The van der Waals surface area contributed by atoms with E-state index in [4.69, 9.17) is 23.7 Å². The van der Waals surface area contributed by atoms with Gasteiger partial charge >= 0.3 is 0 Å². The molecule has 0 atom stereocenters. The predicted molar refractivity (Wildman–Crippen MR) is 133 cm³/mol. The molecule has 0 unspecified atom stereocenters. The number of hydrogen-bond donors (Lipinski definition) is 2. The summed E-state index contributed by atoms with van der Waals surface area (Å²) in [5.74, 6) is 1.72. The second kappa shape index (κ2) is 10.9. The zero-order chi connectivity index (χ0) is 25.6. The molecule has 0 heterocycles. The largest absolute Gasteiger partial charge is 0.504 e. The molecule has 2 N–H and O–H groups in total. The van der Waals surface area contributed by atoms with Crippen molar-refractivity contribution in [1.29, 1.82) is 0 Å². The summed E-state index contributed by atoms with van der Waals surface area (Å²) in [7, 11) is 3.43. The number of phenolic OH excluding ortho intramolecular Hbond substituents is 1. The fourth-order valence-electron chi connectivity index (χ4n) is 3.37. The molecule has 9 nitrogen and oxygen atoms in total. The Balaban J connectivity index is 1.97. The van der Waals surface area contributed by atoms with Crippen LogP contribution in [0.2, 0.25) is 0 Å². The van der Waals surface area contributed by atoms with Crippen molar-refractivity contribution >= 4 is 27.9 Å². The van der Waals surface area contributed by atoms with Gasteiger partial charge in [-0.1, -0.05) is 12.2 Å². The first kappa shape index (κ1) is 25.6. The first-order chi connectivity index (χ1) is 16.8. The third-order valence-electron chi connectivity index (χ3n) is 5.07. The lowest BCUT2D eigenvalue weighted by Crippen LogP contribution is -2.13. The molecule has 3 aromatic carbocycles. The Labute approximate surface area is 204 Å². The molecule has 0 aliphatic carbocycles. The summed E-state index contributed by atoms with van der Waals surface area (Å²) >= 11 is 0. The van der Waals surface area contributed by atoms with Gasteiger partial charge in [0.25, 0.3) is 10.0 Å². The molecular formula is C25H27NO8S. The molecule has 0 saturated carbocycles. The molecule has 0 aromatic heterocycles. The van der Waals surface area contributed by atoms with Gasteiger partial charge in [0, 0.05) is 0 Å². The van der Waals surface area contributed by atoms with Crippen molar-refractivity contribution in [2.45, 2.75) is 4.90 Å². The van der Waals surface area contributed by atoms with Crippen molar-refractivity contribution in [2.75, 3.05) is 40.3 Å². The van der Waals surface area contributed by atoms with Crippen LogP contribution in [-0.4, -0.2) is 49.1 Å². The van der Waals surface area contributed by atoms with Crippen molar-refractivity contribution in [3.05, 3.63) is 59.7 Å². The summed E-state index contributed by atoms with van der Waals surface area (Å²) < 4.78 is 54.7. The molecule has 10 heteroatoms. The molecule has 0 bridgehead atoms. The van der Waals surface area contributed by atoms with Crippen molar-refractivity contribution in [2.24, 2.45) is 0 Å². The minimum Gasteiger partial charge on any atom is -0.504 e. The van der Waals surface area contributed by atoms with E-state index in [-0.39, 0.29) is 22.1 Å². The molecular weight excluding hydrogens is 474 g/mol. The van der Waals surface area contributed by atoms with Crippen molar-refractivity contribution in [1.82, 2.24) is 0 Å². The smallest absolute Gasteiger partial charge is 0.262 e. The molecule has 0 amide bonds. The van der Waals surface area contributed by atoms with E-state index in [9.17, 15) is 13.5 Å². The van der Waals surface area contributed by atoms with Crippen LogP contribution in [0.5, 0.6) is 34.5 Å². The molecule has 0 fully saturated rings. The second-order valence-corrected chi connectivity index (χ2v) is 8.88. The van der Waals surface area contributed by atoms with Crippen molar-refractivity contribution in [3.8, 4) is 34.5 Å². The summed E-state index contributed by atoms with van der Waals surface area (Å²) in [6.45, 7) is 0. The number of hydrogen-bond acceptors (Lipinski definition) is 8. The van der Waals surface area contributed by atoms with E-state index in [1.54, 1.807) is 42.5 Å². The summed E-state index contributed by atoms with van der Waals surface area (Å²) in [6.07, 6.45) is 3.46. The van der Waals surface area contributed by atoms with Gasteiger partial charge in [0.2, 0.25) is 5.75 Å². The van der Waals surface area contributed by atoms with Gasteiger partial charge in [-0.05, 0) is 59.7 Å². The molecule has 0 saturated heterocycles. The van der Waals surface area contributed by atoms with Crippen LogP contribution in [0.3, 0.4) is 0 Å². The molecule has 0 aliphatic heterocycles. The van der Waals surface area contributed by atoms with Crippen molar-refractivity contribution < 1.29 is 37.2 Å². The van der Waals surface area contributed by atoms with Crippen LogP contribution in [0.25, 0.3) is 12.2 Å². The highest BCUT2D eigenvalue weighted by molar-refractivity contribution is 7.92. The third-order valence-corrected chi connectivity index (χ3v) is 6.45. The first-order valence-electron chi connectivity index (χ1n) is 10.3. The maximum absolute atomic E-state index is 12.9. The van der Waals surface area contributed by atoms with Gasteiger partial charge in [0.15, 0.2) is 23.0 Å². The predicted octanol–water partition coefficient (Wildman–Crippen LogP) is 4.41. The number of benzene rings is 3. The van der Waals surface area contributed by atoms with Crippen LogP contribution in [0.15, 0.2) is 53.4 Å². The quantitative estimate of drug-likeness (QED) is 0.393. The Morgan fingerprint density at radius 1 is 0.714 bits per heavy atom. The summed E-state index contributed by atoms with van der Waals surface area (Å²) in [5.41, 5.74) is 1.33. The van der Waals surface area contributed by atoms with Crippen LogP contribution in [0, 0.1) is 0 Å². The van der Waals surface area contributed by atoms with Gasteiger partial charge in [-0.3, -0.25) is 4.72 Å². The highest BCUT2D eigenvalue weighted by Gasteiger charge is 2.19. The standard InChI is InChI=1S/C25H27NO8S/c1-30-18-8-10-19(11-9-18)35(28,29)26-20-12-16(13-21(27)24(20)33-4)6-7-17-14-22(31-2)25(34-5)23(15-17)32-3/h6-15,26-27H,1-5H3/b7-6-. The van der Waals surface area contributed by atoms with E-state index in [1.165, 1.54) is 53.7 Å². The monoisotopic (exact) mass is 501 g/mol. The number of ether oxygens (including phenoxy) is 5. The highest BCUT2D eigenvalue weighted by atomic mass is 32.2. The van der Waals surface area contributed by atoms with Gasteiger partial charge < -0.3 is 28.8 Å². The highest BCUT2D eigenvalue weighted by Crippen LogP contribution is 2.40. The Kier molecular flexibility index (Phi) is 7.98. The van der Waals surface area contributed by atoms with Crippen LogP contribution in [0.1, 0.15) is 11.1 Å². The second-order valence-electron chi connectivity index (χ2n) is 7.19. The minimum absolute atomic E-state index is 0.00739. The van der Waals surface area contributed by atoms with E-state index in [0.717, 1.165) is 5.56 Å². The summed E-state index contributed by atoms with van der Waals surface area (Å²) in [4.78, 5) is 0.0261. The lowest BCUT2D eigenvalue weighted by atomic mass is 10.1. The SMILES string of the molecule is COc1ccc(S(=O)(=O)Nc2cc(/C=C\c3cc(OC)c(OC)c(OC)c3)cc(O)c2OC)cc1. The Hall–Kier alpha value is -4.05. The van der Waals surface area contributed by atoms with Gasteiger partial charge in [0.05, 0.1) is 46.1 Å². The zero-order valence-electron chi connectivity index (χ0n) is 20.0. The fourth-order valence-corrected chi connectivity index (χ4v) is 4.42. The van der Waals surface area contributed by atoms with Gasteiger partial charge in [0.1, 0.15) is 5.75 Å². The van der Waals surface area contributed by atoms with E-state index >= 15 is 0 Å². The fraction of sp³-hybridized carbons (Fsp3) is 0.200. The number of sulfonamides is 1. The summed E-state index contributed by atoms with van der Waals surface area (Å²) in [5, 5.41) is 10.5. The maximum atomic E-state index is 12.9. The first-order valence-corrected chi connectivity index (χ1v) is 11.8. The van der Waals surface area contributed by atoms with Crippen molar-refractivity contribution in [3.63, 3.8) is 0 Å². The topological polar surface area (TPSA) is 113 Å². The molecule has 0 radical (unpaired) electrons. The van der Waals surface area contributed by atoms with Gasteiger partial charge in [-0.2, -0.15) is 0 Å². The number of rotatable bonds is 10. The molecule has 3 aromatic rings. The number of methoxy groups -OCH3 is 5. The maximum Gasteiger partial charge on any atom is 0.262 e. The van der Waals surface area contributed by atoms with E-state index in [1.807, 2.05) is 0 Å². The summed E-state index contributed by atoms with van der Waals surface area (Å²) in [6, 6.07) is 12.4. The average Bonchev–Trinajstić information content (AvgIpc) is 2.86. The van der Waals surface area contributed by atoms with Gasteiger partial charge in [-0.25, -0.2) is 8.42 Å². The number of nitrogens with one attached hydrogen (secondary N) is 1. The normalized spacial score (nSPS) is 11.2.